The van der Waals surface area contributed by atoms with E-state index in [2.05, 4.69) is 0 Å². The Balaban J connectivity index is 1.49. The maximum absolute atomic E-state index is 12.5. The van der Waals surface area contributed by atoms with E-state index in [1.807, 2.05) is 48.5 Å². The van der Waals surface area contributed by atoms with E-state index in [-0.39, 0.29) is 18.2 Å². The van der Waals surface area contributed by atoms with Crippen LogP contribution in [0, 0.1) is 0 Å². The number of carbonyl (C=O) groups is 2. The van der Waals surface area contributed by atoms with E-state index in [4.69, 9.17) is 14.2 Å². The molecule has 154 valence electrons. The minimum Gasteiger partial charge on any atom is -0.497 e. The van der Waals surface area contributed by atoms with Gasteiger partial charge in [-0.3, -0.25) is 9.59 Å². The van der Waals surface area contributed by atoms with E-state index in [9.17, 15) is 9.59 Å². The lowest BCUT2D eigenvalue weighted by Crippen LogP contribution is -2.46. The predicted molar refractivity (Wildman–Crippen MR) is 110 cm³/mol. The summed E-state index contributed by atoms with van der Waals surface area (Å²) in [7, 11) is 3.34. The monoisotopic (exact) mass is 398 g/mol. The molecule has 0 aliphatic carbocycles. The van der Waals surface area contributed by atoms with Crippen LogP contribution in [0.4, 0.5) is 5.69 Å². The van der Waals surface area contributed by atoms with E-state index in [0.29, 0.717) is 31.1 Å². The summed E-state index contributed by atoms with van der Waals surface area (Å²) in [6.07, 6.45) is -0.332. The number of ether oxygens (including phenoxy) is 3. The molecule has 0 unspecified atom stereocenters. The summed E-state index contributed by atoms with van der Waals surface area (Å²) >= 11 is 0. The van der Waals surface area contributed by atoms with Crippen molar-refractivity contribution < 1.29 is 23.8 Å². The summed E-state index contributed by atoms with van der Waals surface area (Å²) < 4.78 is 16.4. The molecule has 1 heterocycles. The van der Waals surface area contributed by atoms with Crippen molar-refractivity contribution in [3.8, 4) is 17.2 Å². The van der Waals surface area contributed by atoms with Gasteiger partial charge in [-0.15, -0.1) is 0 Å². The van der Waals surface area contributed by atoms with Crippen molar-refractivity contribution in [2.75, 3.05) is 38.8 Å². The fourth-order valence-corrected chi connectivity index (χ4v) is 3.08. The van der Waals surface area contributed by atoms with Crippen LogP contribution in [0.1, 0.15) is 13.3 Å². The van der Waals surface area contributed by atoms with Crippen molar-refractivity contribution >= 4 is 17.5 Å². The van der Waals surface area contributed by atoms with Crippen LogP contribution in [-0.2, 0) is 9.59 Å². The number of methoxy groups -OCH3 is 1. The summed E-state index contributed by atoms with van der Waals surface area (Å²) in [5.74, 6) is 1.96. The van der Waals surface area contributed by atoms with Crippen molar-refractivity contribution in [2.24, 2.45) is 0 Å². The summed E-state index contributed by atoms with van der Waals surface area (Å²) in [5, 5.41) is 0. The molecule has 1 atom stereocenters. The molecular weight excluding hydrogens is 372 g/mol. The van der Waals surface area contributed by atoms with Gasteiger partial charge in [-0.2, -0.15) is 0 Å². The first kappa shape index (κ1) is 20.5. The number of carbonyl (C=O) groups excluding carboxylic acids is 2. The smallest absolute Gasteiger partial charge is 0.267 e. The highest BCUT2D eigenvalue weighted by molar-refractivity contribution is 6.00. The number of rotatable bonds is 8. The zero-order valence-electron chi connectivity index (χ0n) is 17.0. The minimum atomic E-state index is -0.560. The van der Waals surface area contributed by atoms with Crippen LogP contribution in [-0.4, -0.2) is 56.7 Å². The molecular formula is C22H26N2O5. The van der Waals surface area contributed by atoms with Crippen molar-refractivity contribution in [2.45, 2.75) is 19.4 Å². The molecule has 0 saturated carbocycles. The second-order valence-electron chi connectivity index (χ2n) is 6.81. The van der Waals surface area contributed by atoms with Gasteiger partial charge in [-0.25, -0.2) is 0 Å². The fourth-order valence-electron chi connectivity index (χ4n) is 3.08. The van der Waals surface area contributed by atoms with Gasteiger partial charge in [0.1, 0.15) is 23.9 Å². The number of fused-ring (bicyclic) bond motifs is 1. The van der Waals surface area contributed by atoms with E-state index < -0.39 is 6.10 Å². The molecule has 7 nitrogen and oxygen atoms in total. The lowest BCUT2D eigenvalue weighted by atomic mass is 10.1. The highest BCUT2D eigenvalue weighted by atomic mass is 16.5. The average molecular weight is 398 g/mol. The normalized spacial score (nSPS) is 15.3. The Labute approximate surface area is 170 Å². The van der Waals surface area contributed by atoms with Crippen LogP contribution in [0.25, 0.3) is 0 Å². The third kappa shape index (κ3) is 4.99. The number of para-hydroxylation sites is 2. The molecule has 2 aromatic carbocycles. The minimum absolute atomic E-state index is 0.0484. The van der Waals surface area contributed by atoms with Crippen LogP contribution in [0.3, 0.4) is 0 Å². The Hall–Kier alpha value is -3.22. The third-order valence-electron chi connectivity index (χ3n) is 4.80. The summed E-state index contributed by atoms with van der Waals surface area (Å²) in [4.78, 5) is 28.2. The van der Waals surface area contributed by atoms with Crippen molar-refractivity contribution in [1.82, 2.24) is 4.90 Å². The Morgan fingerprint density at radius 3 is 2.55 bits per heavy atom. The zero-order valence-corrected chi connectivity index (χ0v) is 17.0. The molecule has 0 bridgehead atoms. The highest BCUT2D eigenvalue weighted by Crippen LogP contribution is 2.33. The number of hydrogen-bond donors (Lipinski definition) is 0. The van der Waals surface area contributed by atoms with Gasteiger partial charge in [0.25, 0.3) is 5.91 Å². The fraction of sp³-hybridized carbons (Fsp3) is 0.364. The number of benzene rings is 2. The number of amides is 2. The second kappa shape index (κ2) is 9.32. The van der Waals surface area contributed by atoms with E-state index >= 15 is 0 Å². The first-order chi connectivity index (χ1) is 14.0. The molecule has 0 radical (unpaired) electrons. The third-order valence-corrected chi connectivity index (χ3v) is 4.80. The molecule has 3 rings (SSSR count). The largest absolute Gasteiger partial charge is 0.497 e. The van der Waals surface area contributed by atoms with Crippen molar-refractivity contribution in [3.05, 3.63) is 48.5 Å². The molecule has 0 aromatic heterocycles. The first-order valence-corrected chi connectivity index (χ1v) is 9.57. The Bertz CT molecular complexity index is 853. The molecule has 29 heavy (non-hydrogen) atoms. The lowest BCUT2D eigenvalue weighted by molar-refractivity contribution is -0.130. The molecule has 1 aliphatic rings. The number of nitrogens with zero attached hydrogens (tertiary/aromatic N) is 2. The Morgan fingerprint density at radius 1 is 1.14 bits per heavy atom. The van der Waals surface area contributed by atoms with Gasteiger partial charge < -0.3 is 24.0 Å². The molecule has 0 saturated heterocycles. The highest BCUT2D eigenvalue weighted by Gasteiger charge is 2.31. The Morgan fingerprint density at radius 2 is 1.83 bits per heavy atom. The number of hydrogen-bond acceptors (Lipinski definition) is 5. The molecule has 2 aromatic rings. The summed E-state index contributed by atoms with van der Waals surface area (Å²) in [6.45, 7) is 2.86. The zero-order chi connectivity index (χ0) is 20.8. The van der Waals surface area contributed by atoms with E-state index in [0.717, 1.165) is 11.5 Å². The standard InChI is InChI=1S/C22H26N2O5/c1-16-22(26)24(19-6-4-5-7-20(19)29-16)13-12-21(25)23(2)14-15-28-18-10-8-17(27-3)9-11-18/h4-11,16H,12-15H2,1-3H3/t16-/m1/s1. The average Bonchev–Trinajstić information content (AvgIpc) is 2.74. The van der Waals surface area contributed by atoms with Gasteiger partial charge in [0.2, 0.25) is 5.91 Å². The van der Waals surface area contributed by atoms with Crippen LogP contribution >= 0.6 is 0 Å². The maximum atomic E-state index is 12.5. The first-order valence-electron chi connectivity index (χ1n) is 9.57. The summed E-state index contributed by atoms with van der Waals surface area (Å²) in [6, 6.07) is 14.7. The molecule has 0 N–H and O–H groups in total. The molecule has 2 amide bonds. The molecule has 7 heteroatoms. The van der Waals surface area contributed by atoms with Crippen molar-refractivity contribution in [1.29, 1.82) is 0 Å². The topological polar surface area (TPSA) is 68.3 Å². The van der Waals surface area contributed by atoms with Crippen LogP contribution in [0.5, 0.6) is 17.2 Å². The van der Waals surface area contributed by atoms with E-state index in [1.54, 1.807) is 30.9 Å². The van der Waals surface area contributed by atoms with Crippen LogP contribution < -0.4 is 19.1 Å². The van der Waals surface area contributed by atoms with Gasteiger partial charge >= 0.3 is 0 Å². The number of anilines is 1. The summed E-state index contributed by atoms with van der Waals surface area (Å²) in [5.41, 5.74) is 0.703. The van der Waals surface area contributed by atoms with Crippen molar-refractivity contribution in [3.63, 3.8) is 0 Å². The van der Waals surface area contributed by atoms with Crippen LogP contribution in [0.2, 0.25) is 0 Å². The van der Waals surface area contributed by atoms with E-state index in [1.165, 1.54) is 0 Å². The van der Waals surface area contributed by atoms with Gasteiger partial charge in [0, 0.05) is 20.0 Å². The maximum Gasteiger partial charge on any atom is 0.267 e. The van der Waals surface area contributed by atoms with Crippen LogP contribution in [0.15, 0.2) is 48.5 Å². The SMILES string of the molecule is COc1ccc(OCCN(C)C(=O)CCN2C(=O)[C@@H](C)Oc3ccccc32)cc1. The van der Waals surface area contributed by atoms with Gasteiger partial charge in [0.05, 0.1) is 19.3 Å². The predicted octanol–water partition coefficient (Wildman–Crippen LogP) is 2.74. The Kier molecular flexibility index (Phi) is 6.59. The molecule has 0 fully saturated rings. The quantitative estimate of drug-likeness (QED) is 0.684. The van der Waals surface area contributed by atoms with Gasteiger partial charge in [-0.1, -0.05) is 12.1 Å². The number of likely N-dealkylation sites (N-methyl/N-ethyl adjacent to an activating group) is 1. The molecule has 1 aliphatic heterocycles. The van der Waals surface area contributed by atoms with Gasteiger partial charge in [-0.05, 0) is 43.3 Å². The van der Waals surface area contributed by atoms with Gasteiger partial charge in [0.15, 0.2) is 6.10 Å². The molecule has 0 spiro atoms. The lowest BCUT2D eigenvalue weighted by Gasteiger charge is -2.33. The second-order valence-corrected chi connectivity index (χ2v) is 6.81.